The Morgan fingerprint density at radius 3 is 2.77 bits per heavy atom. The first-order valence-electron chi connectivity index (χ1n) is 8.69. The molecule has 26 heavy (non-hydrogen) atoms. The number of aromatic nitrogens is 2. The number of phenols is 1. The van der Waals surface area contributed by atoms with Crippen molar-refractivity contribution >= 4 is 29.1 Å². The number of aromatic hydroxyl groups is 1. The fraction of sp³-hybridized carbons (Fsp3) is 0.389. The number of phenolic OH excluding ortho intramolecular Hbond substituents is 1. The van der Waals surface area contributed by atoms with E-state index in [0.29, 0.717) is 24.3 Å². The summed E-state index contributed by atoms with van der Waals surface area (Å²) in [6, 6.07) is 7.20. The fourth-order valence-electron chi connectivity index (χ4n) is 3.37. The van der Waals surface area contributed by atoms with Crippen molar-refractivity contribution in [2.75, 3.05) is 49.7 Å². The summed E-state index contributed by atoms with van der Waals surface area (Å²) in [5.74, 6) is 1.75. The first kappa shape index (κ1) is 17.0. The predicted octanol–water partition coefficient (Wildman–Crippen LogP) is 1.55. The number of anilines is 2. The topological polar surface area (TPSA) is 73.8 Å². The summed E-state index contributed by atoms with van der Waals surface area (Å²) in [6.45, 7) is 3.62. The van der Waals surface area contributed by atoms with E-state index in [0.717, 1.165) is 48.7 Å². The van der Waals surface area contributed by atoms with E-state index in [1.54, 1.807) is 12.1 Å². The van der Waals surface area contributed by atoms with Gasteiger partial charge < -0.3 is 25.0 Å². The first-order chi connectivity index (χ1) is 12.7. The summed E-state index contributed by atoms with van der Waals surface area (Å²) >= 11 is 5.45. The van der Waals surface area contributed by atoms with Crippen LogP contribution in [0.3, 0.4) is 0 Å². The number of ether oxygens (including phenoxy) is 1. The lowest BCUT2D eigenvalue weighted by Gasteiger charge is -2.28. The predicted molar refractivity (Wildman–Crippen MR) is 105 cm³/mol. The molecule has 2 aromatic rings. The minimum atomic E-state index is 0.225. The maximum atomic E-state index is 9.91. The zero-order valence-electron chi connectivity index (χ0n) is 14.6. The number of morpholine rings is 1. The van der Waals surface area contributed by atoms with Gasteiger partial charge in [-0.15, -0.1) is 0 Å². The van der Waals surface area contributed by atoms with Gasteiger partial charge in [-0.2, -0.15) is 4.98 Å². The normalized spacial score (nSPS) is 16.5. The minimum absolute atomic E-state index is 0.225. The second-order valence-electron chi connectivity index (χ2n) is 6.28. The first-order valence-corrected chi connectivity index (χ1v) is 9.10. The smallest absolute Gasteiger partial charge is 0.228 e. The van der Waals surface area contributed by atoms with E-state index in [4.69, 9.17) is 26.9 Å². The molecule has 0 bridgehead atoms. The Morgan fingerprint density at radius 2 is 2.04 bits per heavy atom. The quantitative estimate of drug-likeness (QED) is 0.771. The van der Waals surface area contributed by atoms with Gasteiger partial charge in [-0.25, -0.2) is 4.98 Å². The third-order valence-electron chi connectivity index (χ3n) is 4.69. The van der Waals surface area contributed by atoms with Crippen LogP contribution >= 0.6 is 12.2 Å². The molecule has 2 aliphatic rings. The SMILES string of the molecule is CNC(=S)N1CCc2c(-c3cccc(O)c3)nc(N3CCOCC3)nc21. The Bertz CT molecular complexity index is 838. The van der Waals surface area contributed by atoms with Gasteiger partial charge in [0.15, 0.2) is 5.11 Å². The van der Waals surface area contributed by atoms with Crippen molar-refractivity contribution in [1.29, 1.82) is 0 Å². The Kier molecular flexibility index (Phi) is 4.60. The summed E-state index contributed by atoms with van der Waals surface area (Å²) in [6.07, 6.45) is 0.811. The maximum absolute atomic E-state index is 9.91. The Balaban J connectivity index is 1.84. The van der Waals surface area contributed by atoms with Crippen molar-refractivity contribution in [2.24, 2.45) is 0 Å². The van der Waals surface area contributed by atoms with E-state index in [9.17, 15) is 5.11 Å². The molecule has 0 spiro atoms. The van der Waals surface area contributed by atoms with Gasteiger partial charge in [0.05, 0.1) is 18.9 Å². The summed E-state index contributed by atoms with van der Waals surface area (Å²) in [7, 11) is 1.82. The number of nitrogens with zero attached hydrogens (tertiary/aromatic N) is 4. The van der Waals surface area contributed by atoms with E-state index in [1.807, 2.05) is 24.1 Å². The highest BCUT2D eigenvalue weighted by Crippen LogP contribution is 2.36. The molecule has 1 fully saturated rings. The third kappa shape index (κ3) is 3.06. The van der Waals surface area contributed by atoms with Crippen molar-refractivity contribution < 1.29 is 9.84 Å². The van der Waals surface area contributed by atoms with Crippen molar-refractivity contribution in [3.05, 3.63) is 29.8 Å². The number of hydrogen-bond acceptors (Lipinski definition) is 6. The highest BCUT2D eigenvalue weighted by Gasteiger charge is 2.29. The minimum Gasteiger partial charge on any atom is -0.508 e. The highest BCUT2D eigenvalue weighted by atomic mass is 32.1. The van der Waals surface area contributed by atoms with Crippen molar-refractivity contribution in [3.8, 4) is 17.0 Å². The molecule has 0 saturated carbocycles. The Morgan fingerprint density at radius 1 is 1.23 bits per heavy atom. The molecule has 8 heteroatoms. The van der Waals surface area contributed by atoms with E-state index in [2.05, 4.69) is 10.2 Å². The van der Waals surface area contributed by atoms with Gasteiger partial charge in [-0.1, -0.05) is 12.1 Å². The summed E-state index contributed by atoms with van der Waals surface area (Å²) in [5.41, 5.74) is 2.80. The number of benzene rings is 1. The maximum Gasteiger partial charge on any atom is 0.228 e. The zero-order valence-corrected chi connectivity index (χ0v) is 15.4. The second-order valence-corrected chi connectivity index (χ2v) is 6.67. The van der Waals surface area contributed by atoms with Gasteiger partial charge in [0.2, 0.25) is 5.95 Å². The van der Waals surface area contributed by atoms with Crippen molar-refractivity contribution in [1.82, 2.24) is 15.3 Å². The largest absolute Gasteiger partial charge is 0.508 e. The lowest BCUT2D eigenvalue weighted by atomic mass is 10.1. The van der Waals surface area contributed by atoms with E-state index in [-0.39, 0.29) is 5.75 Å². The molecular weight excluding hydrogens is 350 g/mol. The third-order valence-corrected chi connectivity index (χ3v) is 5.11. The molecule has 2 aliphatic heterocycles. The Hall–Kier alpha value is -2.45. The molecule has 1 saturated heterocycles. The molecule has 4 rings (SSSR count). The van der Waals surface area contributed by atoms with Crippen LogP contribution in [0.25, 0.3) is 11.3 Å². The lowest BCUT2D eigenvalue weighted by Crippen LogP contribution is -2.39. The monoisotopic (exact) mass is 371 g/mol. The fourth-order valence-corrected chi connectivity index (χ4v) is 3.55. The molecule has 1 aromatic carbocycles. The molecule has 136 valence electrons. The van der Waals surface area contributed by atoms with Crippen LogP contribution in [0.15, 0.2) is 24.3 Å². The standard InChI is InChI=1S/C18H21N5O2S/c1-19-18(26)23-6-5-14-15(12-3-2-4-13(24)11-12)20-17(21-16(14)23)22-7-9-25-10-8-22/h2-4,11,24H,5-10H2,1H3,(H,19,26). The number of fused-ring (bicyclic) bond motifs is 1. The van der Waals surface area contributed by atoms with Crippen LogP contribution in [0.2, 0.25) is 0 Å². The molecule has 0 amide bonds. The molecule has 2 N–H and O–H groups in total. The van der Waals surface area contributed by atoms with Crippen molar-refractivity contribution in [3.63, 3.8) is 0 Å². The van der Waals surface area contributed by atoms with Gasteiger partial charge in [0.25, 0.3) is 0 Å². The number of rotatable bonds is 2. The summed E-state index contributed by atoms with van der Waals surface area (Å²) in [4.78, 5) is 13.8. The van der Waals surface area contributed by atoms with Crippen LogP contribution in [0.4, 0.5) is 11.8 Å². The van der Waals surface area contributed by atoms with Crippen LogP contribution in [-0.2, 0) is 11.2 Å². The van der Waals surface area contributed by atoms with E-state index >= 15 is 0 Å². The van der Waals surface area contributed by atoms with Crippen LogP contribution in [0.1, 0.15) is 5.56 Å². The molecule has 0 aliphatic carbocycles. The number of thiocarbonyl (C=S) groups is 1. The van der Waals surface area contributed by atoms with Crippen LogP contribution in [0.5, 0.6) is 5.75 Å². The van der Waals surface area contributed by atoms with E-state index in [1.165, 1.54) is 0 Å². The molecule has 1 aromatic heterocycles. The average molecular weight is 371 g/mol. The van der Waals surface area contributed by atoms with Crippen LogP contribution in [-0.4, -0.2) is 60.1 Å². The number of nitrogens with one attached hydrogen (secondary N) is 1. The highest BCUT2D eigenvalue weighted by molar-refractivity contribution is 7.80. The van der Waals surface area contributed by atoms with Gasteiger partial charge in [-0.3, -0.25) is 0 Å². The molecular formula is C18H21N5O2S. The lowest BCUT2D eigenvalue weighted by molar-refractivity contribution is 0.122. The average Bonchev–Trinajstić information content (AvgIpc) is 3.11. The summed E-state index contributed by atoms with van der Waals surface area (Å²) in [5, 5.41) is 13.6. The number of hydrogen-bond donors (Lipinski definition) is 2. The molecule has 0 unspecified atom stereocenters. The summed E-state index contributed by atoms with van der Waals surface area (Å²) < 4.78 is 5.45. The molecule has 0 atom stereocenters. The Labute approximate surface area is 157 Å². The zero-order chi connectivity index (χ0) is 18.1. The van der Waals surface area contributed by atoms with Gasteiger partial charge in [0.1, 0.15) is 11.6 Å². The van der Waals surface area contributed by atoms with E-state index < -0.39 is 0 Å². The molecule has 7 nitrogen and oxygen atoms in total. The van der Waals surface area contributed by atoms with Crippen molar-refractivity contribution in [2.45, 2.75) is 6.42 Å². The van der Waals surface area contributed by atoms with Crippen LogP contribution in [0, 0.1) is 0 Å². The van der Waals surface area contributed by atoms with Gasteiger partial charge in [0, 0.05) is 37.8 Å². The van der Waals surface area contributed by atoms with Gasteiger partial charge >= 0.3 is 0 Å². The molecule has 0 radical (unpaired) electrons. The second kappa shape index (κ2) is 7.05. The van der Waals surface area contributed by atoms with Crippen LogP contribution < -0.4 is 15.1 Å². The molecule has 3 heterocycles. The van der Waals surface area contributed by atoms with Gasteiger partial charge in [-0.05, 0) is 30.8 Å².